The van der Waals surface area contributed by atoms with Crippen molar-refractivity contribution < 1.29 is 14.4 Å². The molecule has 0 spiro atoms. The highest BCUT2D eigenvalue weighted by molar-refractivity contribution is 6.30. The van der Waals surface area contributed by atoms with Gasteiger partial charge >= 0.3 is 6.03 Å². The lowest BCUT2D eigenvalue weighted by atomic mass is 10.0. The molecule has 0 aromatic heterocycles. The van der Waals surface area contributed by atoms with Crippen LogP contribution in [0.4, 0.5) is 10.5 Å². The van der Waals surface area contributed by atoms with E-state index in [2.05, 4.69) is 10.6 Å². The van der Waals surface area contributed by atoms with Crippen LogP contribution in [0.15, 0.2) is 54.6 Å². The maximum atomic E-state index is 13.3. The van der Waals surface area contributed by atoms with Gasteiger partial charge in [-0.05, 0) is 36.6 Å². The van der Waals surface area contributed by atoms with Crippen molar-refractivity contribution in [3.05, 3.63) is 65.2 Å². The van der Waals surface area contributed by atoms with Crippen molar-refractivity contribution in [3.8, 4) is 0 Å². The third-order valence-electron chi connectivity index (χ3n) is 5.76. The molecule has 4 amide bonds. The molecule has 8 heteroatoms. The second-order valence-electron chi connectivity index (χ2n) is 8.71. The van der Waals surface area contributed by atoms with Crippen molar-refractivity contribution in [1.29, 1.82) is 0 Å². The van der Waals surface area contributed by atoms with Gasteiger partial charge in [-0.1, -0.05) is 61.8 Å². The SMILES string of the molecule is CC(C)C(NC(=O)Nc1cccc(Cl)c1)C(=O)N1CCN(C(=O)Cc2ccccc2)C(C)C1. The molecule has 2 N–H and O–H groups in total. The molecule has 1 aliphatic heterocycles. The molecule has 0 radical (unpaired) electrons. The summed E-state index contributed by atoms with van der Waals surface area (Å²) in [6.45, 7) is 7.07. The summed E-state index contributed by atoms with van der Waals surface area (Å²) in [7, 11) is 0. The summed E-state index contributed by atoms with van der Waals surface area (Å²) in [4.78, 5) is 42.1. The van der Waals surface area contributed by atoms with Crippen LogP contribution in [0.3, 0.4) is 0 Å². The zero-order valence-corrected chi connectivity index (χ0v) is 20.0. The molecule has 0 saturated carbocycles. The van der Waals surface area contributed by atoms with Gasteiger partial charge in [-0.25, -0.2) is 4.79 Å². The Balaban J connectivity index is 1.58. The molecule has 176 valence electrons. The number of piperazine rings is 1. The van der Waals surface area contributed by atoms with Crippen molar-refractivity contribution >= 4 is 35.1 Å². The lowest BCUT2D eigenvalue weighted by Crippen LogP contribution is -2.60. The first-order chi connectivity index (χ1) is 15.7. The van der Waals surface area contributed by atoms with Gasteiger partial charge in [0.05, 0.1) is 6.42 Å². The predicted molar refractivity (Wildman–Crippen MR) is 130 cm³/mol. The average Bonchev–Trinajstić information content (AvgIpc) is 2.77. The summed E-state index contributed by atoms with van der Waals surface area (Å²) in [6, 6.07) is 15.2. The molecule has 0 bridgehead atoms. The standard InChI is InChI=1S/C25H31ClN4O3/c1-17(2)23(28-25(33)27-21-11-7-10-20(26)15-21)24(32)29-12-13-30(18(3)16-29)22(31)14-19-8-5-4-6-9-19/h4-11,15,17-18,23H,12-14,16H2,1-3H3,(H2,27,28,33). The summed E-state index contributed by atoms with van der Waals surface area (Å²) < 4.78 is 0. The van der Waals surface area contributed by atoms with E-state index in [-0.39, 0.29) is 23.8 Å². The van der Waals surface area contributed by atoms with Crippen LogP contribution < -0.4 is 10.6 Å². The second kappa shape index (κ2) is 11.2. The number of carbonyl (C=O) groups is 3. The highest BCUT2D eigenvalue weighted by Crippen LogP contribution is 2.17. The van der Waals surface area contributed by atoms with Crippen LogP contribution in [0.5, 0.6) is 0 Å². The molecule has 2 unspecified atom stereocenters. The quantitative estimate of drug-likeness (QED) is 0.674. The number of urea groups is 1. The van der Waals surface area contributed by atoms with E-state index in [4.69, 9.17) is 11.6 Å². The lowest BCUT2D eigenvalue weighted by Gasteiger charge is -2.41. The predicted octanol–water partition coefficient (Wildman–Crippen LogP) is 3.79. The highest BCUT2D eigenvalue weighted by Gasteiger charge is 2.34. The van der Waals surface area contributed by atoms with Crippen molar-refractivity contribution in [2.75, 3.05) is 25.0 Å². The Bertz CT molecular complexity index is 983. The van der Waals surface area contributed by atoms with Crippen molar-refractivity contribution in [2.45, 2.75) is 39.3 Å². The number of rotatable bonds is 6. The molecule has 1 heterocycles. The van der Waals surface area contributed by atoms with E-state index in [0.717, 1.165) is 5.56 Å². The van der Waals surface area contributed by atoms with Gasteiger partial charge < -0.3 is 20.4 Å². The summed E-state index contributed by atoms with van der Waals surface area (Å²) in [5.74, 6) is -0.191. The van der Waals surface area contributed by atoms with Crippen molar-refractivity contribution in [3.63, 3.8) is 0 Å². The molecular formula is C25H31ClN4O3. The normalized spacial score (nSPS) is 16.9. The fourth-order valence-corrected chi connectivity index (χ4v) is 4.18. The first-order valence-corrected chi connectivity index (χ1v) is 11.6. The van der Waals surface area contributed by atoms with Gasteiger partial charge in [-0.2, -0.15) is 0 Å². The molecule has 7 nitrogen and oxygen atoms in total. The van der Waals surface area contributed by atoms with Gasteiger partial charge in [0.25, 0.3) is 0 Å². The number of amides is 4. The molecular weight excluding hydrogens is 440 g/mol. The van der Waals surface area contributed by atoms with Crippen molar-refractivity contribution in [2.24, 2.45) is 5.92 Å². The number of benzene rings is 2. The van der Waals surface area contributed by atoms with E-state index in [9.17, 15) is 14.4 Å². The van der Waals surface area contributed by atoms with Crippen LogP contribution in [0.25, 0.3) is 0 Å². The molecule has 33 heavy (non-hydrogen) atoms. The van der Waals surface area contributed by atoms with E-state index < -0.39 is 12.1 Å². The maximum Gasteiger partial charge on any atom is 0.319 e. The Hall–Kier alpha value is -3.06. The lowest BCUT2D eigenvalue weighted by molar-refractivity contribution is -0.143. The molecule has 3 rings (SSSR count). The summed E-state index contributed by atoms with van der Waals surface area (Å²) in [5.41, 5.74) is 1.53. The number of carbonyl (C=O) groups excluding carboxylic acids is 3. The monoisotopic (exact) mass is 470 g/mol. The maximum absolute atomic E-state index is 13.3. The van der Waals surface area contributed by atoms with Crippen LogP contribution in [0.1, 0.15) is 26.3 Å². The van der Waals surface area contributed by atoms with Crippen molar-refractivity contribution in [1.82, 2.24) is 15.1 Å². The third kappa shape index (κ3) is 6.71. The highest BCUT2D eigenvalue weighted by atomic mass is 35.5. The number of halogens is 1. The van der Waals surface area contributed by atoms with Crippen LogP contribution in [0, 0.1) is 5.92 Å². The van der Waals surface area contributed by atoms with E-state index in [1.807, 2.05) is 56.0 Å². The smallest absolute Gasteiger partial charge is 0.319 e. The minimum atomic E-state index is -0.678. The first kappa shape index (κ1) is 24.6. The van der Waals surface area contributed by atoms with E-state index >= 15 is 0 Å². The minimum absolute atomic E-state index is 0.0558. The second-order valence-corrected chi connectivity index (χ2v) is 9.15. The number of nitrogens with one attached hydrogen (secondary N) is 2. The Morgan fingerprint density at radius 1 is 1.06 bits per heavy atom. The number of hydrogen-bond donors (Lipinski definition) is 2. The Kier molecular flexibility index (Phi) is 8.33. The fourth-order valence-electron chi connectivity index (χ4n) is 3.99. The minimum Gasteiger partial charge on any atom is -0.337 e. The van der Waals surface area contributed by atoms with Crippen LogP contribution in [0.2, 0.25) is 5.02 Å². The largest absolute Gasteiger partial charge is 0.337 e. The van der Waals surface area contributed by atoms with Gasteiger partial charge in [-0.3, -0.25) is 9.59 Å². The summed E-state index contributed by atoms with van der Waals surface area (Å²) >= 11 is 5.97. The molecule has 1 fully saturated rings. The van der Waals surface area contributed by atoms with Crippen LogP contribution >= 0.6 is 11.6 Å². The summed E-state index contributed by atoms with van der Waals surface area (Å²) in [5, 5.41) is 6.03. The Labute approximate surface area is 200 Å². The molecule has 1 aliphatic rings. The first-order valence-electron chi connectivity index (χ1n) is 11.2. The number of nitrogens with zero attached hydrogens (tertiary/aromatic N) is 2. The van der Waals surface area contributed by atoms with Gasteiger partial charge in [0.2, 0.25) is 11.8 Å². The average molecular weight is 471 g/mol. The third-order valence-corrected chi connectivity index (χ3v) is 5.99. The topological polar surface area (TPSA) is 81.8 Å². The Morgan fingerprint density at radius 3 is 2.42 bits per heavy atom. The zero-order valence-electron chi connectivity index (χ0n) is 19.3. The molecule has 0 aliphatic carbocycles. The van der Waals surface area contributed by atoms with Gasteiger partial charge in [0.15, 0.2) is 0 Å². The van der Waals surface area contributed by atoms with E-state index in [1.54, 1.807) is 29.2 Å². The number of anilines is 1. The molecule has 2 aromatic carbocycles. The van der Waals surface area contributed by atoms with Crippen LogP contribution in [-0.2, 0) is 16.0 Å². The van der Waals surface area contributed by atoms with Crippen LogP contribution in [-0.4, -0.2) is 59.4 Å². The van der Waals surface area contributed by atoms with Gasteiger partial charge in [0, 0.05) is 36.4 Å². The molecule has 2 aromatic rings. The summed E-state index contributed by atoms with van der Waals surface area (Å²) in [6.07, 6.45) is 0.346. The van der Waals surface area contributed by atoms with Gasteiger partial charge in [-0.15, -0.1) is 0 Å². The number of hydrogen-bond acceptors (Lipinski definition) is 3. The fraction of sp³-hybridized carbons (Fsp3) is 0.400. The van der Waals surface area contributed by atoms with Gasteiger partial charge in [0.1, 0.15) is 6.04 Å². The Morgan fingerprint density at radius 2 is 1.79 bits per heavy atom. The molecule has 1 saturated heterocycles. The van der Waals surface area contributed by atoms with E-state index in [0.29, 0.717) is 36.8 Å². The zero-order chi connectivity index (χ0) is 24.0. The molecule has 2 atom stereocenters. The van der Waals surface area contributed by atoms with E-state index in [1.165, 1.54) is 0 Å².